The van der Waals surface area contributed by atoms with Crippen LogP contribution in [0, 0.1) is 6.92 Å². The van der Waals surface area contributed by atoms with Gasteiger partial charge >= 0.3 is 0 Å². The largest absolute Gasteiger partial charge is 0.493 e. The highest BCUT2D eigenvalue weighted by molar-refractivity contribution is 6.01. The van der Waals surface area contributed by atoms with Crippen molar-refractivity contribution in [1.82, 2.24) is 10.3 Å². The minimum Gasteiger partial charge on any atom is -0.493 e. The summed E-state index contributed by atoms with van der Waals surface area (Å²) in [4.78, 5) is 16.7. The molecule has 2 heterocycles. The second-order valence-electron chi connectivity index (χ2n) is 8.31. The van der Waals surface area contributed by atoms with Gasteiger partial charge in [-0.3, -0.25) is 9.78 Å². The van der Waals surface area contributed by atoms with Gasteiger partial charge in [0.25, 0.3) is 0 Å². The molecule has 0 bridgehead atoms. The molecule has 2 aromatic heterocycles. The number of nitrogens with one attached hydrogen (secondary N) is 1. The summed E-state index contributed by atoms with van der Waals surface area (Å²) in [7, 11) is 3.22. The highest BCUT2D eigenvalue weighted by Crippen LogP contribution is 2.42. The van der Waals surface area contributed by atoms with Crippen molar-refractivity contribution in [2.24, 2.45) is 0 Å². The Hall–Kier alpha value is -4.26. The zero-order chi connectivity index (χ0) is 25.7. The van der Waals surface area contributed by atoms with E-state index >= 15 is 0 Å². The Balaban J connectivity index is 1.74. The molecule has 0 radical (unpaired) electrons. The molecule has 0 unspecified atom stereocenters. The number of ether oxygens (including phenoxy) is 3. The molecule has 0 aliphatic rings. The van der Waals surface area contributed by atoms with E-state index in [1.807, 2.05) is 57.2 Å². The molecule has 7 nitrogen and oxygen atoms in total. The fourth-order valence-electron chi connectivity index (χ4n) is 4.18. The smallest absolute Gasteiger partial charge is 0.244 e. The first-order valence-corrected chi connectivity index (χ1v) is 11.7. The first-order valence-electron chi connectivity index (χ1n) is 11.7. The van der Waals surface area contributed by atoms with Crippen molar-refractivity contribution < 1.29 is 23.4 Å². The van der Waals surface area contributed by atoms with Gasteiger partial charge < -0.3 is 23.9 Å². The van der Waals surface area contributed by atoms with E-state index in [2.05, 4.69) is 10.3 Å². The normalized spacial score (nSPS) is 11.4. The number of hydrogen-bond donors (Lipinski definition) is 1. The summed E-state index contributed by atoms with van der Waals surface area (Å²) in [6.07, 6.45) is 6.74. The molecular formula is C29H30N2O5. The SMILES string of the molecule is CCOc1c(/C(C)=C/C(=O)NCc2ccncc2)cc2c(-c3ccc(OC)c(OC)c3)coc2c1C. The summed E-state index contributed by atoms with van der Waals surface area (Å²) in [6.45, 7) is 6.72. The molecule has 7 heteroatoms. The predicted molar refractivity (Wildman–Crippen MR) is 140 cm³/mol. The second kappa shape index (κ2) is 11.0. The first kappa shape index (κ1) is 24.9. The summed E-state index contributed by atoms with van der Waals surface area (Å²) in [5.74, 6) is 1.81. The zero-order valence-corrected chi connectivity index (χ0v) is 21.2. The molecule has 1 amide bonds. The van der Waals surface area contributed by atoms with E-state index in [1.54, 1.807) is 39.0 Å². The fraction of sp³-hybridized carbons (Fsp3) is 0.241. The summed E-state index contributed by atoms with van der Waals surface area (Å²) in [6, 6.07) is 11.5. The number of aromatic nitrogens is 1. The molecule has 0 spiro atoms. The maximum absolute atomic E-state index is 12.7. The number of furan rings is 1. The third kappa shape index (κ3) is 5.05. The molecule has 2 aromatic carbocycles. The number of carbonyl (C=O) groups excluding carboxylic acids is 1. The van der Waals surface area contributed by atoms with E-state index in [1.165, 1.54) is 0 Å². The Morgan fingerprint density at radius 1 is 1.08 bits per heavy atom. The minimum absolute atomic E-state index is 0.184. The van der Waals surface area contributed by atoms with Gasteiger partial charge in [-0.15, -0.1) is 0 Å². The molecule has 186 valence electrons. The summed E-state index contributed by atoms with van der Waals surface area (Å²) < 4.78 is 22.9. The van der Waals surface area contributed by atoms with E-state index in [-0.39, 0.29) is 5.91 Å². The topological polar surface area (TPSA) is 82.8 Å². The number of methoxy groups -OCH3 is 2. The van der Waals surface area contributed by atoms with Gasteiger partial charge in [0, 0.05) is 47.1 Å². The summed E-state index contributed by atoms with van der Waals surface area (Å²) in [5.41, 5.74) is 6.06. The van der Waals surface area contributed by atoms with Gasteiger partial charge in [0.2, 0.25) is 5.91 Å². The van der Waals surface area contributed by atoms with Crippen LogP contribution in [0.1, 0.15) is 30.5 Å². The lowest BCUT2D eigenvalue weighted by molar-refractivity contribution is -0.116. The van der Waals surface area contributed by atoms with Crippen LogP contribution in [0.4, 0.5) is 0 Å². The van der Waals surface area contributed by atoms with E-state index in [9.17, 15) is 4.79 Å². The molecule has 0 atom stereocenters. The van der Waals surface area contributed by atoms with Crippen LogP contribution < -0.4 is 19.5 Å². The molecular weight excluding hydrogens is 456 g/mol. The van der Waals surface area contributed by atoms with Crippen LogP contribution in [0.25, 0.3) is 27.7 Å². The Bertz CT molecular complexity index is 1410. The Morgan fingerprint density at radius 3 is 2.53 bits per heavy atom. The molecule has 4 rings (SSSR count). The number of benzene rings is 2. The van der Waals surface area contributed by atoms with Gasteiger partial charge in [-0.05, 0) is 67.8 Å². The molecule has 0 saturated heterocycles. The van der Waals surface area contributed by atoms with E-state index in [0.717, 1.165) is 44.4 Å². The average Bonchev–Trinajstić information content (AvgIpc) is 3.33. The van der Waals surface area contributed by atoms with Crippen molar-refractivity contribution in [3.8, 4) is 28.4 Å². The van der Waals surface area contributed by atoms with Crippen molar-refractivity contribution in [1.29, 1.82) is 0 Å². The second-order valence-corrected chi connectivity index (χ2v) is 8.31. The monoisotopic (exact) mass is 486 g/mol. The first-order chi connectivity index (χ1) is 17.5. The van der Waals surface area contributed by atoms with Crippen molar-refractivity contribution in [2.45, 2.75) is 27.3 Å². The Morgan fingerprint density at radius 2 is 1.83 bits per heavy atom. The lowest BCUT2D eigenvalue weighted by Gasteiger charge is -2.15. The number of nitrogens with zero attached hydrogens (tertiary/aromatic N) is 1. The number of aryl methyl sites for hydroxylation is 1. The molecule has 0 aliphatic carbocycles. The third-order valence-electron chi connectivity index (χ3n) is 6.02. The highest BCUT2D eigenvalue weighted by atomic mass is 16.5. The number of rotatable bonds is 9. The highest BCUT2D eigenvalue weighted by Gasteiger charge is 2.20. The standard InChI is InChI=1S/C29H30N2O5/c1-6-35-28-19(3)29-23(24(17-36-29)21-7-8-25(33-4)26(14-21)34-5)15-22(28)18(2)13-27(32)31-16-20-9-11-30-12-10-20/h7-15,17H,6,16H2,1-5H3,(H,31,32)/b18-13+. The van der Waals surface area contributed by atoms with Crippen LogP contribution in [0.3, 0.4) is 0 Å². The van der Waals surface area contributed by atoms with Crippen LogP contribution in [-0.2, 0) is 11.3 Å². The number of amides is 1. The number of hydrogen-bond acceptors (Lipinski definition) is 6. The maximum Gasteiger partial charge on any atom is 0.244 e. The van der Waals surface area contributed by atoms with E-state index in [4.69, 9.17) is 18.6 Å². The van der Waals surface area contributed by atoms with Gasteiger partial charge in [-0.25, -0.2) is 0 Å². The third-order valence-corrected chi connectivity index (χ3v) is 6.02. The lowest BCUT2D eigenvalue weighted by Crippen LogP contribution is -2.20. The van der Waals surface area contributed by atoms with Crippen LogP contribution >= 0.6 is 0 Å². The van der Waals surface area contributed by atoms with Crippen molar-refractivity contribution >= 4 is 22.4 Å². The number of fused-ring (bicyclic) bond motifs is 1. The number of carbonyl (C=O) groups is 1. The molecule has 4 aromatic rings. The van der Waals surface area contributed by atoms with Crippen molar-refractivity contribution in [2.75, 3.05) is 20.8 Å². The Labute approximate surface area is 210 Å². The minimum atomic E-state index is -0.184. The van der Waals surface area contributed by atoms with Gasteiger partial charge in [0.1, 0.15) is 11.3 Å². The van der Waals surface area contributed by atoms with Gasteiger partial charge in [-0.1, -0.05) is 6.07 Å². The molecule has 1 N–H and O–H groups in total. The number of allylic oxidation sites excluding steroid dienone is 1. The van der Waals surface area contributed by atoms with Crippen molar-refractivity contribution in [3.63, 3.8) is 0 Å². The van der Waals surface area contributed by atoms with Gasteiger partial charge in [0.05, 0.1) is 27.1 Å². The molecule has 36 heavy (non-hydrogen) atoms. The lowest BCUT2D eigenvalue weighted by atomic mass is 9.96. The average molecular weight is 487 g/mol. The van der Waals surface area contributed by atoms with Crippen molar-refractivity contribution in [3.05, 3.63) is 77.8 Å². The molecule has 0 fully saturated rings. The predicted octanol–water partition coefficient (Wildman–Crippen LogP) is 5.94. The summed E-state index contributed by atoms with van der Waals surface area (Å²) in [5, 5.41) is 3.85. The van der Waals surface area contributed by atoms with Crippen LogP contribution in [0.2, 0.25) is 0 Å². The van der Waals surface area contributed by atoms with Gasteiger partial charge in [-0.2, -0.15) is 0 Å². The van der Waals surface area contributed by atoms with Gasteiger partial charge in [0.15, 0.2) is 11.5 Å². The summed E-state index contributed by atoms with van der Waals surface area (Å²) >= 11 is 0. The Kier molecular flexibility index (Phi) is 7.59. The number of pyridine rings is 1. The molecule has 0 saturated carbocycles. The quantitative estimate of drug-likeness (QED) is 0.295. The van der Waals surface area contributed by atoms with Crippen LogP contribution in [-0.4, -0.2) is 31.7 Å². The van der Waals surface area contributed by atoms with E-state index < -0.39 is 0 Å². The maximum atomic E-state index is 12.7. The van der Waals surface area contributed by atoms with Crippen LogP contribution in [0.15, 0.2) is 65.5 Å². The molecule has 0 aliphatic heterocycles. The fourth-order valence-corrected chi connectivity index (χ4v) is 4.18. The van der Waals surface area contributed by atoms with Crippen LogP contribution in [0.5, 0.6) is 17.2 Å². The van der Waals surface area contributed by atoms with E-state index in [0.29, 0.717) is 30.4 Å². The zero-order valence-electron chi connectivity index (χ0n) is 21.2.